The van der Waals surface area contributed by atoms with E-state index in [1.54, 1.807) is 18.2 Å². The molecule has 0 aliphatic rings. The largest absolute Gasteiger partial charge is 0.282 e. The van der Waals surface area contributed by atoms with Gasteiger partial charge < -0.3 is 0 Å². The van der Waals surface area contributed by atoms with Gasteiger partial charge in [0.1, 0.15) is 27.9 Å². The van der Waals surface area contributed by atoms with Crippen molar-refractivity contribution >= 4 is 41.7 Å². The molecule has 11 heteroatoms. The molecule has 4 nitrogen and oxygen atoms in total. The summed E-state index contributed by atoms with van der Waals surface area (Å²) in [6.45, 7) is 0. The van der Waals surface area contributed by atoms with Crippen LogP contribution in [0.5, 0.6) is 0 Å². The Morgan fingerprint density at radius 1 is 1.00 bits per heavy atom. The molecule has 0 bridgehead atoms. The van der Waals surface area contributed by atoms with E-state index in [4.69, 9.17) is 0 Å². The fourth-order valence-electron chi connectivity index (χ4n) is 2.52. The van der Waals surface area contributed by atoms with E-state index in [0.29, 0.717) is 26.6 Å². The van der Waals surface area contributed by atoms with Gasteiger partial charge >= 0.3 is 0 Å². The first-order chi connectivity index (χ1) is 13.0. The van der Waals surface area contributed by atoms with Gasteiger partial charge in [-0.2, -0.15) is 5.10 Å². The monoisotopic (exact) mass is 540 g/mol. The van der Waals surface area contributed by atoms with Crippen LogP contribution in [0.25, 0.3) is 16.9 Å². The van der Waals surface area contributed by atoms with Crippen molar-refractivity contribution in [3.05, 3.63) is 62.7 Å². The molecule has 0 fully saturated rings. The van der Waals surface area contributed by atoms with Crippen molar-refractivity contribution in [2.45, 2.75) is 11.3 Å². The Morgan fingerprint density at radius 3 is 2.25 bits per heavy atom. The highest BCUT2D eigenvalue weighted by atomic mass is 79.9. The highest BCUT2D eigenvalue weighted by Crippen LogP contribution is 2.33. The third kappa shape index (κ3) is 4.01. The fourth-order valence-corrected chi connectivity index (χ4v) is 3.87. The van der Waals surface area contributed by atoms with Gasteiger partial charge in [-0.3, -0.25) is 0 Å². The molecule has 0 amide bonds. The number of benzene rings is 2. The zero-order valence-electron chi connectivity index (χ0n) is 13.9. The number of alkyl halides is 2. The molecule has 0 saturated carbocycles. The van der Waals surface area contributed by atoms with Gasteiger partial charge in [0.25, 0.3) is 6.43 Å². The van der Waals surface area contributed by atoms with Crippen LogP contribution in [0.1, 0.15) is 12.1 Å². The van der Waals surface area contributed by atoms with Gasteiger partial charge in [0.2, 0.25) is 0 Å². The number of nitrogens with zero attached hydrogens (tertiary/aromatic N) is 2. The molecule has 0 aliphatic carbocycles. The summed E-state index contributed by atoms with van der Waals surface area (Å²) in [5.41, 5.74) is -0.651. The van der Waals surface area contributed by atoms with E-state index in [2.05, 4.69) is 37.0 Å². The number of aromatic nitrogens is 2. The van der Waals surface area contributed by atoms with E-state index in [9.17, 15) is 26.0 Å². The smallest absolute Gasteiger partial charge is 0.230 e. The Hall–Kier alpha value is -1.72. The minimum absolute atomic E-state index is 0.0777. The number of rotatable bonds is 4. The van der Waals surface area contributed by atoms with E-state index in [1.165, 1.54) is 0 Å². The van der Waals surface area contributed by atoms with Crippen molar-refractivity contribution in [3.8, 4) is 16.9 Å². The van der Waals surface area contributed by atoms with Crippen LogP contribution in [0.4, 0.5) is 17.6 Å². The van der Waals surface area contributed by atoms with Crippen LogP contribution in [-0.2, 0) is 9.84 Å². The lowest BCUT2D eigenvalue weighted by molar-refractivity contribution is 0.145. The van der Waals surface area contributed by atoms with Crippen molar-refractivity contribution in [1.82, 2.24) is 9.78 Å². The number of halogens is 6. The second-order valence-corrected chi connectivity index (χ2v) is 9.49. The summed E-state index contributed by atoms with van der Waals surface area (Å²) in [6.07, 6.45) is -2.21. The van der Waals surface area contributed by atoms with E-state index in [1.807, 2.05) is 0 Å². The molecule has 1 aromatic heterocycles. The standard InChI is InChI=1S/C17H10Br2F4N2O2S/c1-28(26,27)16-6-11(20)15(5-12(16)21)25-14(7-13(24-25)17(22)23)8-2-3-9(18)10(19)4-8/h2-7,17H,1H3. The first-order valence-electron chi connectivity index (χ1n) is 7.52. The van der Waals surface area contributed by atoms with Crippen LogP contribution >= 0.6 is 31.9 Å². The van der Waals surface area contributed by atoms with E-state index in [0.717, 1.165) is 17.0 Å². The van der Waals surface area contributed by atoms with Crippen molar-refractivity contribution in [3.63, 3.8) is 0 Å². The molecular weight excluding hydrogens is 532 g/mol. The summed E-state index contributed by atoms with van der Waals surface area (Å²) in [7, 11) is -4.01. The molecule has 28 heavy (non-hydrogen) atoms. The average molecular weight is 542 g/mol. The lowest BCUT2D eigenvalue weighted by atomic mass is 10.1. The number of sulfone groups is 1. The van der Waals surface area contributed by atoms with Crippen LogP contribution in [-0.4, -0.2) is 24.5 Å². The molecule has 0 spiro atoms. The quantitative estimate of drug-likeness (QED) is 0.399. The third-order valence-electron chi connectivity index (χ3n) is 3.80. The summed E-state index contributed by atoms with van der Waals surface area (Å²) in [4.78, 5) is -0.831. The van der Waals surface area contributed by atoms with Crippen molar-refractivity contribution in [1.29, 1.82) is 0 Å². The predicted octanol–water partition coefficient (Wildman–Crippen LogP) is 5.68. The second kappa shape index (κ2) is 7.60. The summed E-state index contributed by atoms with van der Waals surface area (Å²) in [5, 5.41) is 3.69. The molecule has 0 saturated heterocycles. The minimum atomic E-state index is -4.01. The van der Waals surface area contributed by atoms with E-state index < -0.39 is 44.2 Å². The molecule has 0 atom stereocenters. The molecule has 3 rings (SSSR count). The summed E-state index contributed by atoms with van der Waals surface area (Å²) >= 11 is 6.58. The normalized spacial score (nSPS) is 12.0. The predicted molar refractivity (Wildman–Crippen MR) is 102 cm³/mol. The maximum Gasteiger partial charge on any atom is 0.282 e. The lowest BCUT2D eigenvalue weighted by Crippen LogP contribution is -2.08. The minimum Gasteiger partial charge on any atom is -0.230 e. The van der Waals surface area contributed by atoms with Gasteiger partial charge in [-0.25, -0.2) is 30.7 Å². The topological polar surface area (TPSA) is 52.0 Å². The Morgan fingerprint density at radius 2 is 1.68 bits per heavy atom. The third-order valence-corrected chi connectivity index (χ3v) is 6.79. The molecule has 148 valence electrons. The maximum atomic E-state index is 14.6. The lowest BCUT2D eigenvalue weighted by Gasteiger charge is -2.11. The average Bonchev–Trinajstić information content (AvgIpc) is 3.03. The molecule has 2 aromatic carbocycles. The van der Waals surface area contributed by atoms with Gasteiger partial charge in [0.05, 0.1) is 5.69 Å². The van der Waals surface area contributed by atoms with Gasteiger partial charge in [0.15, 0.2) is 9.84 Å². The zero-order valence-corrected chi connectivity index (χ0v) is 17.9. The zero-order chi connectivity index (χ0) is 20.8. The number of hydrogen-bond donors (Lipinski definition) is 0. The summed E-state index contributed by atoms with van der Waals surface area (Å²) in [5.74, 6) is -2.33. The second-order valence-electron chi connectivity index (χ2n) is 5.80. The van der Waals surface area contributed by atoms with Crippen LogP contribution in [0.15, 0.2) is 50.2 Å². The van der Waals surface area contributed by atoms with Crippen molar-refractivity contribution in [2.75, 3.05) is 6.26 Å². The molecule has 0 unspecified atom stereocenters. The Labute approximate surface area is 174 Å². The highest BCUT2D eigenvalue weighted by Gasteiger charge is 2.23. The van der Waals surface area contributed by atoms with E-state index >= 15 is 0 Å². The first-order valence-corrected chi connectivity index (χ1v) is 11.0. The summed E-state index contributed by atoms with van der Waals surface area (Å²) < 4.78 is 80.5. The number of hydrogen-bond acceptors (Lipinski definition) is 3. The van der Waals surface area contributed by atoms with Crippen LogP contribution in [0, 0.1) is 11.6 Å². The van der Waals surface area contributed by atoms with Crippen LogP contribution in [0.2, 0.25) is 0 Å². The molecule has 0 N–H and O–H groups in total. The van der Waals surface area contributed by atoms with Crippen molar-refractivity contribution in [2.24, 2.45) is 0 Å². The SMILES string of the molecule is CS(=O)(=O)c1cc(F)c(-n2nc(C(F)F)cc2-c2ccc(Br)c(Br)c2)cc1F. The van der Waals surface area contributed by atoms with Crippen LogP contribution < -0.4 is 0 Å². The Bertz CT molecular complexity index is 1180. The molecule has 1 heterocycles. The van der Waals surface area contributed by atoms with Crippen molar-refractivity contribution < 1.29 is 26.0 Å². The van der Waals surface area contributed by atoms with Gasteiger partial charge in [-0.1, -0.05) is 6.07 Å². The van der Waals surface area contributed by atoms with Crippen LogP contribution in [0.3, 0.4) is 0 Å². The highest BCUT2D eigenvalue weighted by molar-refractivity contribution is 9.13. The van der Waals surface area contributed by atoms with Gasteiger partial charge in [-0.05, 0) is 56.1 Å². The molecule has 3 aromatic rings. The molecule has 0 radical (unpaired) electrons. The van der Waals surface area contributed by atoms with E-state index in [-0.39, 0.29) is 5.69 Å². The first kappa shape index (κ1) is 21.0. The van der Waals surface area contributed by atoms with Gasteiger partial charge in [-0.15, -0.1) is 0 Å². The maximum absolute atomic E-state index is 14.6. The van der Waals surface area contributed by atoms with Gasteiger partial charge in [0, 0.05) is 26.8 Å². The Balaban J connectivity index is 2.27. The molecular formula is C17H10Br2F4N2O2S. The fraction of sp³-hybridized carbons (Fsp3) is 0.118. The summed E-state index contributed by atoms with van der Waals surface area (Å²) in [6, 6.07) is 6.99. The Kier molecular flexibility index (Phi) is 5.70. The molecule has 0 aliphatic heterocycles.